The molecule has 1 aliphatic heterocycles. The number of alkyl halides is 3. The van der Waals surface area contributed by atoms with E-state index in [0.717, 1.165) is 23.3 Å². The summed E-state index contributed by atoms with van der Waals surface area (Å²) >= 11 is 6.15. The van der Waals surface area contributed by atoms with E-state index in [1.54, 1.807) is 31.0 Å². The highest BCUT2D eigenvalue weighted by Crippen LogP contribution is 2.34. The fourth-order valence-electron chi connectivity index (χ4n) is 5.02. The van der Waals surface area contributed by atoms with Gasteiger partial charge in [-0.15, -0.1) is 0 Å². The maximum Gasteiger partial charge on any atom is 0.416 e. The van der Waals surface area contributed by atoms with Crippen molar-refractivity contribution in [3.63, 3.8) is 0 Å². The molecule has 2 amide bonds. The second-order valence-electron chi connectivity index (χ2n) is 11.0. The van der Waals surface area contributed by atoms with Gasteiger partial charge in [0, 0.05) is 17.1 Å². The SMILES string of the molecule is CC(C)C(NC(=O)c1cnc(OCc2cccc(C(F)(F)F)c2)nc1N1C[C@H](c2ccccc2)C(c2ccc(Cl)cc2)=N1)C(N)=O. The van der Waals surface area contributed by atoms with Gasteiger partial charge < -0.3 is 15.8 Å². The normalized spacial score (nSPS) is 15.4. The number of nitrogens with zero attached hydrogens (tertiary/aromatic N) is 4. The molecule has 2 atom stereocenters. The summed E-state index contributed by atoms with van der Waals surface area (Å²) in [5.74, 6) is -1.84. The molecule has 9 nitrogen and oxygen atoms in total. The molecule has 13 heteroatoms. The van der Waals surface area contributed by atoms with Crippen LogP contribution in [0.15, 0.2) is 90.2 Å². The molecule has 0 radical (unpaired) electrons. The zero-order valence-corrected chi connectivity index (χ0v) is 25.6. The first-order valence-electron chi connectivity index (χ1n) is 14.3. The Labute approximate surface area is 268 Å². The molecule has 46 heavy (non-hydrogen) atoms. The van der Waals surface area contributed by atoms with E-state index in [4.69, 9.17) is 27.2 Å². The molecule has 1 aliphatic rings. The van der Waals surface area contributed by atoms with Gasteiger partial charge >= 0.3 is 12.2 Å². The standard InChI is InChI=1S/C33H30ClF3N6O3/c1-19(2)27(29(38)44)40-31(45)25-16-39-32(46-18-20-7-6-10-23(15-20)33(35,36)37)41-30(25)43-17-26(21-8-4-3-5-9-21)28(42-43)22-11-13-24(34)14-12-22/h3-16,19,26-27H,17-18H2,1-2H3,(H2,38,44)(H,40,45)/t26-,27?/m1/s1. The predicted octanol–water partition coefficient (Wildman–Crippen LogP) is 5.98. The minimum atomic E-state index is -4.52. The molecule has 0 fully saturated rings. The minimum absolute atomic E-state index is 0.00811. The largest absolute Gasteiger partial charge is 0.459 e. The molecule has 0 saturated heterocycles. The Bertz CT molecular complexity index is 1750. The van der Waals surface area contributed by atoms with Gasteiger partial charge in [-0.2, -0.15) is 23.3 Å². The van der Waals surface area contributed by atoms with Crippen molar-refractivity contribution in [2.24, 2.45) is 16.8 Å². The van der Waals surface area contributed by atoms with E-state index in [1.165, 1.54) is 18.3 Å². The predicted molar refractivity (Wildman–Crippen MR) is 168 cm³/mol. The zero-order valence-electron chi connectivity index (χ0n) is 24.8. The van der Waals surface area contributed by atoms with Crippen molar-refractivity contribution in [1.82, 2.24) is 15.3 Å². The number of carbonyl (C=O) groups is 2. The lowest BCUT2D eigenvalue weighted by Crippen LogP contribution is -2.48. The Hall–Kier alpha value is -4.97. The molecule has 238 valence electrons. The Morgan fingerprint density at radius 2 is 1.78 bits per heavy atom. The number of halogens is 4. The number of hydrogen-bond acceptors (Lipinski definition) is 7. The molecule has 0 aliphatic carbocycles. The topological polar surface area (TPSA) is 123 Å². The molecule has 3 N–H and O–H groups in total. The van der Waals surface area contributed by atoms with Gasteiger partial charge in [0.1, 0.15) is 18.2 Å². The Balaban J connectivity index is 1.54. The van der Waals surface area contributed by atoms with Crippen LogP contribution in [0.4, 0.5) is 19.0 Å². The number of carbonyl (C=O) groups excluding carboxylic acids is 2. The lowest BCUT2D eigenvalue weighted by atomic mass is 9.90. The zero-order chi connectivity index (χ0) is 33.0. The van der Waals surface area contributed by atoms with Crippen molar-refractivity contribution in [3.05, 3.63) is 118 Å². The smallest absolute Gasteiger partial charge is 0.416 e. The molecule has 2 heterocycles. The first-order chi connectivity index (χ1) is 21.9. The van der Waals surface area contributed by atoms with E-state index in [2.05, 4.69) is 15.3 Å². The van der Waals surface area contributed by atoms with Gasteiger partial charge in [-0.25, -0.2) is 9.99 Å². The van der Waals surface area contributed by atoms with Gasteiger partial charge in [-0.3, -0.25) is 9.59 Å². The van der Waals surface area contributed by atoms with Crippen LogP contribution >= 0.6 is 11.6 Å². The Kier molecular flexibility index (Phi) is 9.57. The van der Waals surface area contributed by atoms with Gasteiger partial charge in [-0.05, 0) is 46.9 Å². The lowest BCUT2D eigenvalue weighted by molar-refractivity contribution is -0.137. The van der Waals surface area contributed by atoms with Crippen LogP contribution < -0.4 is 20.8 Å². The third-order valence-corrected chi connectivity index (χ3v) is 7.63. The number of benzene rings is 3. The second kappa shape index (κ2) is 13.6. The summed E-state index contributed by atoms with van der Waals surface area (Å²) in [5, 5.41) is 9.63. The summed E-state index contributed by atoms with van der Waals surface area (Å²) < 4.78 is 45.4. The third-order valence-electron chi connectivity index (χ3n) is 7.37. The minimum Gasteiger partial charge on any atom is -0.459 e. The number of anilines is 1. The van der Waals surface area contributed by atoms with Crippen LogP contribution in [0.25, 0.3) is 0 Å². The van der Waals surface area contributed by atoms with Crippen molar-refractivity contribution in [2.45, 2.75) is 38.6 Å². The van der Waals surface area contributed by atoms with E-state index >= 15 is 0 Å². The van der Waals surface area contributed by atoms with Crippen molar-refractivity contribution in [2.75, 3.05) is 11.6 Å². The van der Waals surface area contributed by atoms with Crippen molar-refractivity contribution >= 4 is 34.9 Å². The van der Waals surface area contributed by atoms with Crippen LogP contribution in [0.1, 0.15) is 52.4 Å². The molecule has 0 bridgehead atoms. The number of hydrogen-bond donors (Lipinski definition) is 2. The third kappa shape index (κ3) is 7.45. The summed E-state index contributed by atoms with van der Waals surface area (Å²) in [6.45, 7) is 3.49. The summed E-state index contributed by atoms with van der Waals surface area (Å²) in [7, 11) is 0. The van der Waals surface area contributed by atoms with Crippen LogP contribution in [0.3, 0.4) is 0 Å². The van der Waals surface area contributed by atoms with E-state index in [9.17, 15) is 22.8 Å². The van der Waals surface area contributed by atoms with Crippen LogP contribution in [-0.2, 0) is 17.6 Å². The number of hydrazone groups is 1. The van der Waals surface area contributed by atoms with Gasteiger partial charge in [0.25, 0.3) is 5.91 Å². The monoisotopic (exact) mass is 650 g/mol. The Morgan fingerprint density at radius 1 is 1.07 bits per heavy atom. The number of primary amides is 1. The van der Waals surface area contributed by atoms with Crippen molar-refractivity contribution in [1.29, 1.82) is 0 Å². The summed E-state index contributed by atoms with van der Waals surface area (Å²) in [4.78, 5) is 34.3. The van der Waals surface area contributed by atoms with Crippen LogP contribution in [0.2, 0.25) is 5.02 Å². The van der Waals surface area contributed by atoms with Crippen molar-refractivity contribution in [3.8, 4) is 6.01 Å². The maximum atomic E-state index is 13.6. The number of amides is 2. The van der Waals surface area contributed by atoms with E-state index in [-0.39, 0.29) is 47.9 Å². The molecule has 5 rings (SSSR count). The fraction of sp³-hybridized carbons (Fsp3) is 0.242. The number of rotatable bonds is 10. The summed E-state index contributed by atoms with van der Waals surface area (Å²) in [5.41, 5.74) is 7.42. The highest BCUT2D eigenvalue weighted by molar-refractivity contribution is 6.30. The fourth-order valence-corrected chi connectivity index (χ4v) is 5.14. The molecule has 1 unspecified atom stereocenters. The van der Waals surface area contributed by atoms with E-state index < -0.39 is 29.6 Å². The lowest BCUT2D eigenvalue weighted by Gasteiger charge is -2.22. The van der Waals surface area contributed by atoms with Gasteiger partial charge in [-0.1, -0.05) is 80.0 Å². The average Bonchev–Trinajstić information content (AvgIpc) is 3.48. The van der Waals surface area contributed by atoms with Gasteiger partial charge in [0.2, 0.25) is 5.91 Å². The van der Waals surface area contributed by atoms with Gasteiger partial charge in [0.05, 0.1) is 17.8 Å². The average molecular weight is 651 g/mol. The first-order valence-corrected chi connectivity index (χ1v) is 14.7. The first kappa shape index (κ1) is 32.4. The molecule has 4 aromatic rings. The highest BCUT2D eigenvalue weighted by atomic mass is 35.5. The number of aromatic nitrogens is 2. The molecule has 0 spiro atoms. The number of ether oxygens (including phenoxy) is 1. The maximum absolute atomic E-state index is 13.6. The van der Waals surface area contributed by atoms with Crippen LogP contribution in [-0.4, -0.2) is 40.1 Å². The van der Waals surface area contributed by atoms with Crippen molar-refractivity contribution < 1.29 is 27.5 Å². The number of nitrogens with one attached hydrogen (secondary N) is 1. The molecule has 3 aromatic carbocycles. The molecular weight excluding hydrogens is 621 g/mol. The number of nitrogens with two attached hydrogens (primary N) is 1. The van der Waals surface area contributed by atoms with Crippen LogP contribution in [0.5, 0.6) is 6.01 Å². The Morgan fingerprint density at radius 3 is 2.43 bits per heavy atom. The molecule has 0 saturated carbocycles. The molecular formula is C33H30ClF3N6O3. The van der Waals surface area contributed by atoms with E-state index in [1.807, 2.05) is 42.5 Å². The highest BCUT2D eigenvalue weighted by Gasteiger charge is 2.34. The second-order valence-corrected chi connectivity index (χ2v) is 11.4. The summed E-state index contributed by atoms with van der Waals surface area (Å²) in [6.07, 6.45) is -3.29. The van der Waals surface area contributed by atoms with E-state index in [0.29, 0.717) is 10.7 Å². The molecule has 1 aromatic heterocycles. The van der Waals surface area contributed by atoms with Crippen LogP contribution in [0, 0.1) is 5.92 Å². The van der Waals surface area contributed by atoms with Gasteiger partial charge in [0.15, 0.2) is 5.82 Å². The summed E-state index contributed by atoms with van der Waals surface area (Å²) in [6, 6.07) is 20.4. The quantitative estimate of drug-likeness (QED) is 0.218.